The zero-order chi connectivity index (χ0) is 14.9. The summed E-state index contributed by atoms with van der Waals surface area (Å²) >= 11 is 0. The van der Waals surface area contributed by atoms with Crippen molar-refractivity contribution in [3.63, 3.8) is 0 Å². The summed E-state index contributed by atoms with van der Waals surface area (Å²) in [4.78, 5) is 16.5. The summed E-state index contributed by atoms with van der Waals surface area (Å²) in [5.74, 6) is 0.0115. The molecule has 1 amide bonds. The van der Waals surface area contributed by atoms with Crippen molar-refractivity contribution >= 4 is 17.3 Å². The lowest BCUT2D eigenvalue weighted by molar-refractivity contribution is -0.0763. The van der Waals surface area contributed by atoms with Crippen LogP contribution in [0.2, 0.25) is 0 Å². The first-order valence-electron chi connectivity index (χ1n) is 6.80. The van der Waals surface area contributed by atoms with Gasteiger partial charge in [0.25, 0.3) is 5.91 Å². The van der Waals surface area contributed by atoms with Crippen LogP contribution in [0, 0.1) is 0 Å². The molecule has 0 radical (unpaired) electrons. The monoisotopic (exact) mass is 277 g/mol. The first kappa shape index (κ1) is 14.7. The molecule has 0 aromatic heterocycles. The average molecular weight is 277 g/mol. The highest BCUT2D eigenvalue weighted by atomic mass is 16.5. The molecule has 0 atom stereocenters. The molecule has 1 aliphatic rings. The fourth-order valence-corrected chi connectivity index (χ4v) is 2.48. The smallest absolute Gasteiger partial charge is 0.256 e. The zero-order valence-corrected chi connectivity index (χ0v) is 12.6. The summed E-state index contributed by atoms with van der Waals surface area (Å²) in [6.45, 7) is 5.77. The molecule has 20 heavy (non-hydrogen) atoms. The second kappa shape index (κ2) is 5.32. The summed E-state index contributed by atoms with van der Waals surface area (Å²) in [5, 5.41) is 0. The van der Waals surface area contributed by atoms with Crippen LogP contribution >= 0.6 is 0 Å². The molecule has 0 spiro atoms. The van der Waals surface area contributed by atoms with Gasteiger partial charge in [0.05, 0.1) is 17.8 Å². The highest BCUT2D eigenvalue weighted by Gasteiger charge is 2.31. The van der Waals surface area contributed by atoms with E-state index in [1.54, 1.807) is 6.07 Å². The second-order valence-electron chi connectivity index (χ2n) is 6.01. The molecule has 5 nitrogen and oxygen atoms in total. The van der Waals surface area contributed by atoms with Gasteiger partial charge in [-0.1, -0.05) is 0 Å². The van der Waals surface area contributed by atoms with Gasteiger partial charge in [0.15, 0.2) is 0 Å². The Morgan fingerprint density at radius 2 is 2.10 bits per heavy atom. The molecule has 1 aromatic rings. The number of nitrogens with two attached hydrogens (primary N) is 1. The van der Waals surface area contributed by atoms with Gasteiger partial charge in [0, 0.05) is 38.6 Å². The van der Waals surface area contributed by atoms with E-state index in [0.717, 1.165) is 5.69 Å². The van der Waals surface area contributed by atoms with Crippen molar-refractivity contribution in [2.24, 2.45) is 0 Å². The number of ether oxygens (including phenoxy) is 1. The number of morpholine rings is 1. The molecule has 1 heterocycles. The standard InChI is InChI=1S/C15H23N3O2/c1-15(2)10-18(7-8-20-15)14(19)12-9-11(16)5-6-13(12)17(3)4/h5-6,9H,7-8,10,16H2,1-4H3. The van der Waals surface area contributed by atoms with E-state index in [2.05, 4.69) is 0 Å². The minimum absolute atomic E-state index is 0.0115. The number of benzene rings is 1. The molecule has 1 saturated heterocycles. The number of hydrogen-bond donors (Lipinski definition) is 1. The number of anilines is 2. The Hall–Kier alpha value is -1.75. The van der Waals surface area contributed by atoms with Crippen molar-refractivity contribution < 1.29 is 9.53 Å². The van der Waals surface area contributed by atoms with Gasteiger partial charge in [-0.15, -0.1) is 0 Å². The Morgan fingerprint density at radius 1 is 1.40 bits per heavy atom. The van der Waals surface area contributed by atoms with Crippen LogP contribution in [0.4, 0.5) is 11.4 Å². The lowest BCUT2D eigenvalue weighted by atomic mass is 10.0. The number of nitrogen functional groups attached to an aromatic ring is 1. The van der Waals surface area contributed by atoms with E-state index in [-0.39, 0.29) is 11.5 Å². The minimum atomic E-state index is -0.299. The maximum absolute atomic E-state index is 12.8. The Morgan fingerprint density at radius 3 is 2.70 bits per heavy atom. The summed E-state index contributed by atoms with van der Waals surface area (Å²) in [6, 6.07) is 5.45. The first-order chi connectivity index (χ1) is 9.30. The third-order valence-corrected chi connectivity index (χ3v) is 3.45. The van der Waals surface area contributed by atoms with E-state index in [1.165, 1.54) is 0 Å². The molecule has 110 valence electrons. The van der Waals surface area contributed by atoms with Crippen LogP contribution in [0.3, 0.4) is 0 Å². The Labute approximate surface area is 120 Å². The first-order valence-corrected chi connectivity index (χ1v) is 6.80. The van der Waals surface area contributed by atoms with Crippen molar-refractivity contribution in [2.75, 3.05) is 44.4 Å². The van der Waals surface area contributed by atoms with Gasteiger partial charge in [-0.3, -0.25) is 4.79 Å². The Kier molecular flexibility index (Phi) is 3.90. The predicted octanol–water partition coefficient (Wildman–Crippen LogP) is 1.59. The second-order valence-corrected chi connectivity index (χ2v) is 6.01. The molecule has 1 aliphatic heterocycles. The van der Waals surface area contributed by atoms with Gasteiger partial charge in [0.2, 0.25) is 0 Å². The lowest BCUT2D eigenvalue weighted by Crippen LogP contribution is -2.50. The number of hydrogen-bond acceptors (Lipinski definition) is 4. The fraction of sp³-hybridized carbons (Fsp3) is 0.533. The van der Waals surface area contributed by atoms with Crippen molar-refractivity contribution in [1.29, 1.82) is 0 Å². The van der Waals surface area contributed by atoms with Crippen LogP contribution < -0.4 is 10.6 Å². The van der Waals surface area contributed by atoms with E-state index in [0.29, 0.717) is 30.9 Å². The SMILES string of the molecule is CN(C)c1ccc(N)cc1C(=O)N1CCOC(C)(C)C1. The average Bonchev–Trinajstić information content (AvgIpc) is 2.36. The molecule has 0 aliphatic carbocycles. The lowest BCUT2D eigenvalue weighted by Gasteiger charge is -2.38. The summed E-state index contributed by atoms with van der Waals surface area (Å²) in [6.07, 6.45) is 0. The van der Waals surface area contributed by atoms with Crippen molar-refractivity contribution in [1.82, 2.24) is 4.90 Å². The molecule has 0 unspecified atom stereocenters. The summed E-state index contributed by atoms with van der Waals surface area (Å²) in [7, 11) is 3.84. The van der Waals surface area contributed by atoms with E-state index in [4.69, 9.17) is 10.5 Å². The van der Waals surface area contributed by atoms with Crippen molar-refractivity contribution in [2.45, 2.75) is 19.4 Å². The van der Waals surface area contributed by atoms with Gasteiger partial charge in [0.1, 0.15) is 0 Å². The molecule has 1 aromatic carbocycles. The van der Waals surface area contributed by atoms with Crippen LogP contribution in [0.5, 0.6) is 0 Å². The van der Waals surface area contributed by atoms with Gasteiger partial charge in [-0.25, -0.2) is 0 Å². The molecule has 0 bridgehead atoms. The van der Waals surface area contributed by atoms with Crippen LogP contribution in [-0.2, 0) is 4.74 Å². The Bertz CT molecular complexity index is 512. The third kappa shape index (κ3) is 3.04. The van der Waals surface area contributed by atoms with Gasteiger partial charge < -0.3 is 20.3 Å². The third-order valence-electron chi connectivity index (χ3n) is 3.45. The fourth-order valence-electron chi connectivity index (χ4n) is 2.48. The normalized spacial score (nSPS) is 17.9. The molecule has 0 saturated carbocycles. The zero-order valence-electron chi connectivity index (χ0n) is 12.6. The number of rotatable bonds is 2. The largest absolute Gasteiger partial charge is 0.399 e. The number of nitrogens with zero attached hydrogens (tertiary/aromatic N) is 2. The van der Waals surface area contributed by atoms with E-state index < -0.39 is 0 Å². The van der Waals surface area contributed by atoms with Crippen LogP contribution in [-0.4, -0.2) is 50.2 Å². The quantitative estimate of drug-likeness (QED) is 0.834. The maximum Gasteiger partial charge on any atom is 0.256 e. The molecule has 1 fully saturated rings. The van der Waals surface area contributed by atoms with Gasteiger partial charge in [-0.05, 0) is 32.0 Å². The van der Waals surface area contributed by atoms with Crippen LogP contribution in [0.25, 0.3) is 0 Å². The van der Waals surface area contributed by atoms with Gasteiger partial charge in [-0.2, -0.15) is 0 Å². The van der Waals surface area contributed by atoms with E-state index >= 15 is 0 Å². The molecule has 2 N–H and O–H groups in total. The number of carbonyl (C=O) groups is 1. The van der Waals surface area contributed by atoms with Crippen molar-refractivity contribution in [3.05, 3.63) is 23.8 Å². The molecular formula is C15H23N3O2. The summed E-state index contributed by atoms with van der Waals surface area (Å²) < 4.78 is 5.65. The molecule has 2 rings (SSSR count). The Balaban J connectivity index is 2.31. The minimum Gasteiger partial charge on any atom is -0.399 e. The number of carbonyl (C=O) groups excluding carboxylic acids is 1. The number of amides is 1. The predicted molar refractivity (Wildman–Crippen MR) is 81.1 cm³/mol. The highest BCUT2D eigenvalue weighted by Crippen LogP contribution is 2.25. The van der Waals surface area contributed by atoms with Gasteiger partial charge >= 0.3 is 0 Å². The molecule has 5 heteroatoms. The van der Waals surface area contributed by atoms with Crippen LogP contribution in [0.15, 0.2) is 18.2 Å². The topological polar surface area (TPSA) is 58.8 Å². The maximum atomic E-state index is 12.8. The van der Waals surface area contributed by atoms with Crippen molar-refractivity contribution in [3.8, 4) is 0 Å². The summed E-state index contributed by atoms with van der Waals surface area (Å²) in [5.41, 5.74) is 7.67. The van der Waals surface area contributed by atoms with E-state index in [1.807, 2.05) is 49.9 Å². The van der Waals surface area contributed by atoms with E-state index in [9.17, 15) is 4.79 Å². The highest BCUT2D eigenvalue weighted by molar-refractivity contribution is 6.00. The molecular weight excluding hydrogens is 254 g/mol. The van der Waals surface area contributed by atoms with Crippen LogP contribution in [0.1, 0.15) is 24.2 Å².